The average Bonchev–Trinajstić information content (AvgIpc) is 3.61. The molecule has 4 heterocycles. The molecule has 0 unspecified atom stereocenters. The van der Waals surface area contributed by atoms with Crippen molar-refractivity contribution in [2.75, 3.05) is 56.4 Å². The Kier molecular flexibility index (Phi) is 10.4. The van der Waals surface area contributed by atoms with Gasteiger partial charge in [0.05, 0.1) is 36.1 Å². The zero-order valence-corrected chi connectivity index (χ0v) is 30.1. The monoisotopic (exact) mass is 659 g/mol. The van der Waals surface area contributed by atoms with E-state index in [2.05, 4.69) is 79.0 Å². The third kappa shape index (κ3) is 8.03. The van der Waals surface area contributed by atoms with Crippen LogP contribution >= 0.6 is 0 Å². The van der Waals surface area contributed by atoms with Crippen LogP contribution in [0, 0.1) is 6.92 Å². The quantitative estimate of drug-likeness (QED) is 0.104. The van der Waals surface area contributed by atoms with Gasteiger partial charge in [-0.1, -0.05) is 26.2 Å². The van der Waals surface area contributed by atoms with Gasteiger partial charge in [-0.2, -0.15) is 10.1 Å². The zero-order chi connectivity index (χ0) is 33.9. The minimum Gasteiger partial charge on any atom is -0.494 e. The van der Waals surface area contributed by atoms with Crippen molar-refractivity contribution in [2.45, 2.75) is 58.2 Å². The lowest BCUT2D eigenvalue weighted by Gasteiger charge is -2.37. The first-order chi connectivity index (χ1) is 22.4. The molecule has 1 aliphatic heterocycles. The van der Waals surface area contributed by atoms with E-state index in [1.807, 2.05) is 36.1 Å². The Balaban J connectivity index is 1.54. The van der Waals surface area contributed by atoms with Gasteiger partial charge in [0.1, 0.15) is 18.1 Å². The smallest absolute Gasteiger partial charge is 0.247 e. The first-order valence-corrected chi connectivity index (χ1v) is 19.9. The normalized spacial score (nSPS) is 14.2. The van der Waals surface area contributed by atoms with E-state index in [0.29, 0.717) is 42.5 Å². The molecule has 0 spiro atoms. The summed E-state index contributed by atoms with van der Waals surface area (Å²) < 4.78 is 15.8. The summed E-state index contributed by atoms with van der Waals surface area (Å²) in [6.07, 6.45) is 9.15. The molecule has 0 bridgehead atoms. The van der Waals surface area contributed by atoms with Gasteiger partial charge >= 0.3 is 0 Å². The molecule has 47 heavy (non-hydrogen) atoms. The van der Waals surface area contributed by atoms with Gasteiger partial charge in [0.15, 0.2) is 0 Å². The lowest BCUT2D eigenvalue weighted by Crippen LogP contribution is -2.42. The van der Waals surface area contributed by atoms with Gasteiger partial charge < -0.3 is 34.5 Å². The molecule has 0 aliphatic carbocycles. The number of hydrogen-bond acceptors (Lipinski definition) is 9. The summed E-state index contributed by atoms with van der Waals surface area (Å²) in [5, 5.41) is 11.8. The fourth-order valence-corrected chi connectivity index (χ4v) is 6.71. The van der Waals surface area contributed by atoms with E-state index in [1.165, 1.54) is 6.08 Å². The fraction of sp³-hybridized carbons (Fsp3) is 0.471. The second-order valence-corrected chi connectivity index (χ2v) is 19.3. The van der Waals surface area contributed by atoms with E-state index in [4.69, 9.17) is 19.4 Å². The first-order valence-electron chi connectivity index (χ1n) is 16.1. The largest absolute Gasteiger partial charge is 0.494 e. The molecular weight excluding hydrogens is 611 g/mol. The Bertz CT molecular complexity index is 1730. The molecule has 1 amide bonds. The summed E-state index contributed by atoms with van der Waals surface area (Å²) in [6, 6.07) is 5.46. The predicted octanol–water partition coefficient (Wildman–Crippen LogP) is 5.86. The van der Waals surface area contributed by atoms with Crippen LogP contribution in [0.1, 0.15) is 18.4 Å². The van der Waals surface area contributed by atoms with Crippen LogP contribution < -0.4 is 20.3 Å². The maximum Gasteiger partial charge on any atom is 0.247 e. The van der Waals surface area contributed by atoms with Crippen molar-refractivity contribution in [1.82, 2.24) is 29.2 Å². The van der Waals surface area contributed by atoms with Gasteiger partial charge in [0, 0.05) is 70.3 Å². The van der Waals surface area contributed by atoms with Crippen LogP contribution in [0.3, 0.4) is 0 Å². The van der Waals surface area contributed by atoms with Crippen molar-refractivity contribution in [3.05, 3.63) is 48.9 Å². The molecule has 1 aliphatic rings. The molecule has 252 valence electrons. The maximum absolute atomic E-state index is 12.6. The number of piperidine rings is 1. The summed E-state index contributed by atoms with van der Waals surface area (Å²) in [5.41, 5.74) is 5.63. The molecule has 12 nitrogen and oxygen atoms in total. The molecule has 1 fully saturated rings. The average molecular weight is 660 g/mol. The minimum atomic E-state index is -1.22. The fourth-order valence-electron chi connectivity index (χ4n) is 5.95. The molecule has 1 saturated heterocycles. The number of rotatable bonds is 13. The zero-order valence-electron chi connectivity index (χ0n) is 29.1. The lowest BCUT2D eigenvalue weighted by molar-refractivity contribution is -0.111. The van der Waals surface area contributed by atoms with Crippen LogP contribution in [0.15, 0.2) is 43.4 Å². The Labute approximate surface area is 278 Å². The second kappa shape index (κ2) is 14.3. The third-order valence-corrected chi connectivity index (χ3v) is 10.4. The Morgan fingerprint density at radius 3 is 2.51 bits per heavy atom. The predicted molar refractivity (Wildman–Crippen MR) is 193 cm³/mol. The van der Waals surface area contributed by atoms with Crippen LogP contribution in [0.25, 0.3) is 22.3 Å². The number of nitrogens with zero attached hydrogens (tertiary/aromatic N) is 7. The highest BCUT2D eigenvalue weighted by Crippen LogP contribution is 2.40. The van der Waals surface area contributed by atoms with E-state index in [9.17, 15) is 4.79 Å². The highest BCUT2D eigenvalue weighted by atomic mass is 28.3. The number of aryl methyl sites for hydroxylation is 2. The van der Waals surface area contributed by atoms with Gasteiger partial charge in [-0.3, -0.25) is 9.48 Å². The minimum absolute atomic E-state index is 0.287. The number of anilines is 4. The maximum atomic E-state index is 12.6. The van der Waals surface area contributed by atoms with E-state index in [0.717, 1.165) is 65.5 Å². The number of carbonyl (C=O) groups excluding carboxylic acids is 1. The molecule has 13 heteroatoms. The highest BCUT2D eigenvalue weighted by molar-refractivity contribution is 6.76. The van der Waals surface area contributed by atoms with Gasteiger partial charge in [-0.25, -0.2) is 4.98 Å². The van der Waals surface area contributed by atoms with Crippen LogP contribution in [0.5, 0.6) is 5.75 Å². The molecule has 0 atom stereocenters. The molecule has 5 rings (SSSR count). The molecule has 2 N–H and O–H groups in total. The van der Waals surface area contributed by atoms with E-state index < -0.39 is 8.07 Å². The number of hydrogen-bond donors (Lipinski definition) is 2. The van der Waals surface area contributed by atoms with Crippen LogP contribution in [0.4, 0.5) is 23.0 Å². The Morgan fingerprint density at radius 2 is 1.89 bits per heavy atom. The number of nitrogens with one attached hydrogen (secondary N) is 2. The van der Waals surface area contributed by atoms with Gasteiger partial charge in [-0.15, -0.1) is 0 Å². The van der Waals surface area contributed by atoms with E-state index in [1.54, 1.807) is 11.8 Å². The number of ether oxygens (including phenoxy) is 2. The molecule has 0 saturated carbocycles. The molecule has 1 aromatic carbocycles. The third-order valence-electron chi connectivity index (χ3n) is 8.65. The number of aromatic nitrogens is 5. The number of methoxy groups -OCH3 is 1. The highest BCUT2D eigenvalue weighted by Gasteiger charge is 2.25. The van der Waals surface area contributed by atoms with Crippen LogP contribution in [-0.2, 0) is 23.3 Å². The van der Waals surface area contributed by atoms with Crippen molar-refractivity contribution in [3.8, 4) is 17.0 Å². The Hall–Kier alpha value is -4.20. The Morgan fingerprint density at radius 1 is 1.15 bits per heavy atom. The number of carbonyl (C=O) groups is 1. The summed E-state index contributed by atoms with van der Waals surface area (Å²) in [4.78, 5) is 27.2. The summed E-state index contributed by atoms with van der Waals surface area (Å²) in [7, 11) is 6.55. The molecule has 3 aromatic heterocycles. The molecule has 4 aromatic rings. The summed E-state index contributed by atoms with van der Waals surface area (Å²) in [6.45, 7) is 15.6. The lowest BCUT2D eigenvalue weighted by atomic mass is 10.0. The molecule has 0 radical (unpaired) electrons. The summed E-state index contributed by atoms with van der Waals surface area (Å²) in [5.74, 6) is 0.709. The van der Waals surface area contributed by atoms with Crippen molar-refractivity contribution in [1.29, 1.82) is 0 Å². The SMILES string of the molecule is C=CC(=O)Nc1cc(Nc2nc(-c3cnn(C)c3)c3c(C)cn(COCC[Si](C)(C)C)c3n2)c(OC)cc1N1CCC(N(C)C)CC1. The summed E-state index contributed by atoms with van der Waals surface area (Å²) >= 11 is 0. The van der Waals surface area contributed by atoms with Crippen molar-refractivity contribution >= 4 is 48.0 Å². The standard InChI is InChI=1S/C34H49N9O3Si/c1-10-30(44)36-26-17-27(29(45-6)18-28(26)42-13-11-25(12-14-42)40(3)4)37-34-38-32(24-19-35-41(5)21-24)31-23(2)20-43(33(31)39-34)22-46-15-16-47(7,8)9/h10,17-21,25H,1,11-16,22H2,2-9H3,(H,36,44)(H,37,38,39). The van der Waals surface area contributed by atoms with Crippen LogP contribution in [0.2, 0.25) is 25.7 Å². The number of benzene rings is 1. The van der Waals surface area contributed by atoms with E-state index >= 15 is 0 Å². The van der Waals surface area contributed by atoms with Gasteiger partial charge in [0.25, 0.3) is 0 Å². The van der Waals surface area contributed by atoms with Crippen molar-refractivity contribution in [3.63, 3.8) is 0 Å². The first kappa shape index (κ1) is 34.1. The van der Waals surface area contributed by atoms with E-state index in [-0.39, 0.29) is 5.91 Å². The van der Waals surface area contributed by atoms with Gasteiger partial charge in [0.2, 0.25) is 11.9 Å². The molecular formula is C34H49N9O3Si. The topological polar surface area (TPSA) is 115 Å². The number of fused-ring (bicyclic) bond motifs is 1. The number of amides is 1. The second-order valence-electron chi connectivity index (χ2n) is 13.7. The van der Waals surface area contributed by atoms with Gasteiger partial charge in [-0.05, 0) is 57.6 Å². The van der Waals surface area contributed by atoms with Crippen LogP contribution in [-0.4, -0.2) is 90.1 Å². The van der Waals surface area contributed by atoms with Crippen molar-refractivity contribution < 1.29 is 14.3 Å². The van der Waals surface area contributed by atoms with Crippen molar-refractivity contribution in [2.24, 2.45) is 7.05 Å².